The fraction of sp³-hybridized carbons (Fsp3) is 0.323. The van der Waals surface area contributed by atoms with E-state index in [-0.39, 0.29) is 12.0 Å². The SMILES string of the molecule is CN(Cc1cccc(-n2nc(C(C)(C)C)cc2NC(=O)Nc2cccc3ccccc23)c1)C(=O)NS(=O)(=O)N1CCCC1. The van der Waals surface area contributed by atoms with Crippen molar-refractivity contribution < 1.29 is 18.0 Å². The molecule has 0 saturated carbocycles. The second-order valence-corrected chi connectivity index (χ2v) is 13.4. The molecule has 4 aromatic rings. The number of nitrogens with one attached hydrogen (secondary N) is 3. The monoisotopic (exact) mass is 603 g/mol. The van der Waals surface area contributed by atoms with Crippen LogP contribution in [0.25, 0.3) is 16.5 Å². The van der Waals surface area contributed by atoms with Crippen molar-refractivity contribution in [1.82, 2.24) is 23.7 Å². The molecule has 3 aromatic carbocycles. The lowest BCUT2D eigenvalue weighted by molar-refractivity contribution is 0.212. The minimum absolute atomic E-state index is 0.160. The van der Waals surface area contributed by atoms with Crippen LogP contribution in [0.1, 0.15) is 44.9 Å². The summed E-state index contributed by atoms with van der Waals surface area (Å²) in [5.41, 5.74) is 2.61. The minimum atomic E-state index is -3.88. The topological polar surface area (TPSA) is 129 Å². The van der Waals surface area contributed by atoms with Crippen LogP contribution in [-0.4, -0.2) is 59.6 Å². The van der Waals surface area contributed by atoms with Gasteiger partial charge in [0.1, 0.15) is 5.82 Å². The lowest BCUT2D eigenvalue weighted by Gasteiger charge is -2.21. The zero-order valence-corrected chi connectivity index (χ0v) is 25.6. The summed E-state index contributed by atoms with van der Waals surface area (Å²) in [6.45, 7) is 7.10. The third-order valence-electron chi connectivity index (χ3n) is 7.30. The molecule has 0 radical (unpaired) electrons. The van der Waals surface area contributed by atoms with Crippen molar-refractivity contribution in [2.75, 3.05) is 30.8 Å². The third-order valence-corrected chi connectivity index (χ3v) is 8.78. The summed E-state index contributed by atoms with van der Waals surface area (Å²) < 4.78 is 30.2. The van der Waals surface area contributed by atoms with Crippen LogP contribution in [0.15, 0.2) is 72.8 Å². The molecule has 0 atom stereocenters. The zero-order valence-electron chi connectivity index (χ0n) is 24.8. The number of fused-ring (bicyclic) bond motifs is 1. The third kappa shape index (κ3) is 6.98. The highest BCUT2D eigenvalue weighted by Gasteiger charge is 2.28. The van der Waals surface area contributed by atoms with E-state index in [1.54, 1.807) is 4.68 Å². The van der Waals surface area contributed by atoms with Crippen LogP contribution < -0.4 is 15.4 Å². The van der Waals surface area contributed by atoms with Gasteiger partial charge in [-0.3, -0.25) is 5.32 Å². The molecule has 1 aliphatic heterocycles. The summed E-state index contributed by atoms with van der Waals surface area (Å²) in [5.74, 6) is 0.475. The number of rotatable bonds is 7. The van der Waals surface area contributed by atoms with E-state index in [2.05, 4.69) is 15.4 Å². The Morgan fingerprint density at radius 2 is 1.63 bits per heavy atom. The molecule has 5 rings (SSSR count). The maximum Gasteiger partial charge on any atom is 0.332 e. The standard InChI is InChI=1S/C31H37N7O4S/c1-31(2,3)27-20-28(33-29(39)32-26-16-10-13-23-12-5-6-15-25(23)26)38(34-27)24-14-9-11-22(19-24)21-36(4)30(40)35-43(41,42)37-17-7-8-18-37/h5-6,9-16,19-20H,7-8,17-18,21H2,1-4H3,(H,35,40)(H2,32,33,39). The second kappa shape index (κ2) is 12.1. The number of nitrogens with zero attached hydrogens (tertiary/aromatic N) is 4. The summed E-state index contributed by atoms with van der Waals surface area (Å²) in [5, 5.41) is 12.7. The molecule has 0 unspecified atom stereocenters. The van der Waals surface area contributed by atoms with Crippen molar-refractivity contribution >= 4 is 44.5 Å². The van der Waals surface area contributed by atoms with Gasteiger partial charge in [0, 0.05) is 43.5 Å². The van der Waals surface area contributed by atoms with Crippen molar-refractivity contribution in [2.24, 2.45) is 0 Å². The number of hydrogen-bond acceptors (Lipinski definition) is 5. The highest BCUT2D eigenvalue weighted by Crippen LogP contribution is 2.28. The molecule has 0 bridgehead atoms. The molecular formula is C31H37N7O4S. The highest BCUT2D eigenvalue weighted by molar-refractivity contribution is 7.87. The van der Waals surface area contributed by atoms with E-state index in [0.717, 1.165) is 34.9 Å². The summed E-state index contributed by atoms with van der Waals surface area (Å²) in [6.07, 6.45) is 1.56. The van der Waals surface area contributed by atoms with Gasteiger partial charge in [0.2, 0.25) is 0 Å². The van der Waals surface area contributed by atoms with Gasteiger partial charge >= 0.3 is 22.3 Å². The van der Waals surface area contributed by atoms with E-state index in [1.165, 1.54) is 16.3 Å². The largest absolute Gasteiger partial charge is 0.332 e. The molecule has 2 heterocycles. The number of benzene rings is 3. The number of aromatic nitrogens is 2. The van der Waals surface area contributed by atoms with E-state index in [0.29, 0.717) is 30.3 Å². The van der Waals surface area contributed by atoms with Crippen molar-refractivity contribution in [3.63, 3.8) is 0 Å². The van der Waals surface area contributed by atoms with Gasteiger partial charge in [0.05, 0.1) is 17.1 Å². The zero-order chi connectivity index (χ0) is 30.8. The molecule has 43 heavy (non-hydrogen) atoms. The lowest BCUT2D eigenvalue weighted by Crippen LogP contribution is -2.46. The average Bonchev–Trinajstić information content (AvgIpc) is 3.65. The van der Waals surface area contributed by atoms with Crippen molar-refractivity contribution in [2.45, 2.75) is 45.6 Å². The molecule has 0 spiro atoms. The first-order valence-electron chi connectivity index (χ1n) is 14.2. The van der Waals surface area contributed by atoms with Gasteiger partial charge in [0.25, 0.3) is 0 Å². The quantitative estimate of drug-likeness (QED) is 0.259. The summed E-state index contributed by atoms with van der Waals surface area (Å²) in [7, 11) is -2.34. The number of carbonyl (C=O) groups is 2. The molecule has 1 fully saturated rings. The predicted octanol–water partition coefficient (Wildman–Crippen LogP) is 5.45. The van der Waals surface area contributed by atoms with Crippen molar-refractivity contribution in [1.29, 1.82) is 0 Å². The van der Waals surface area contributed by atoms with Crippen LogP contribution in [0.2, 0.25) is 0 Å². The summed E-state index contributed by atoms with van der Waals surface area (Å²) in [4.78, 5) is 27.2. The molecule has 1 saturated heterocycles. The van der Waals surface area contributed by atoms with Crippen molar-refractivity contribution in [3.8, 4) is 5.69 Å². The Bertz CT molecular complexity index is 1750. The smallest absolute Gasteiger partial charge is 0.323 e. The van der Waals surface area contributed by atoms with Gasteiger partial charge in [-0.15, -0.1) is 0 Å². The van der Waals surface area contributed by atoms with Crippen LogP contribution in [-0.2, 0) is 22.2 Å². The molecule has 226 valence electrons. The second-order valence-electron chi connectivity index (χ2n) is 11.7. The number of amides is 4. The molecule has 3 N–H and O–H groups in total. The Morgan fingerprint density at radius 3 is 2.37 bits per heavy atom. The van der Waals surface area contributed by atoms with Crippen LogP contribution in [0, 0.1) is 0 Å². The molecule has 11 nitrogen and oxygen atoms in total. The fourth-order valence-corrected chi connectivity index (χ4v) is 6.20. The molecule has 1 aliphatic rings. The van der Waals surface area contributed by atoms with Crippen LogP contribution in [0.5, 0.6) is 0 Å². The van der Waals surface area contributed by atoms with Gasteiger partial charge < -0.3 is 10.2 Å². The number of hydrogen-bond donors (Lipinski definition) is 3. The van der Waals surface area contributed by atoms with Gasteiger partial charge in [-0.2, -0.15) is 17.8 Å². The van der Waals surface area contributed by atoms with Crippen LogP contribution in [0.4, 0.5) is 21.1 Å². The minimum Gasteiger partial charge on any atom is -0.323 e. The van der Waals surface area contributed by atoms with Gasteiger partial charge in [0.15, 0.2) is 0 Å². The van der Waals surface area contributed by atoms with Crippen LogP contribution >= 0.6 is 0 Å². The van der Waals surface area contributed by atoms with Crippen molar-refractivity contribution in [3.05, 3.63) is 84.1 Å². The lowest BCUT2D eigenvalue weighted by atomic mass is 9.92. The maximum atomic E-state index is 13.2. The predicted molar refractivity (Wildman–Crippen MR) is 169 cm³/mol. The molecular weight excluding hydrogens is 566 g/mol. The molecule has 4 amide bonds. The fourth-order valence-electron chi connectivity index (χ4n) is 4.95. The average molecular weight is 604 g/mol. The van der Waals surface area contributed by atoms with E-state index in [9.17, 15) is 18.0 Å². The molecule has 1 aromatic heterocycles. The van der Waals surface area contributed by atoms with Gasteiger partial charge in [-0.25, -0.2) is 19.0 Å². The Hall–Kier alpha value is -4.42. The maximum absolute atomic E-state index is 13.2. The summed E-state index contributed by atoms with van der Waals surface area (Å²) >= 11 is 0. The first kappa shape index (κ1) is 30.1. The molecule has 12 heteroatoms. The number of urea groups is 2. The van der Waals surface area contributed by atoms with Gasteiger partial charge in [-0.1, -0.05) is 69.3 Å². The first-order chi connectivity index (χ1) is 20.4. The molecule has 0 aliphatic carbocycles. The van der Waals surface area contributed by atoms with Crippen LogP contribution in [0.3, 0.4) is 0 Å². The van der Waals surface area contributed by atoms with E-state index in [4.69, 9.17) is 5.10 Å². The first-order valence-corrected chi connectivity index (χ1v) is 15.6. The van der Waals surface area contributed by atoms with Gasteiger partial charge in [-0.05, 0) is 42.0 Å². The van der Waals surface area contributed by atoms with E-state index < -0.39 is 22.3 Å². The number of carbonyl (C=O) groups excluding carboxylic acids is 2. The highest BCUT2D eigenvalue weighted by atomic mass is 32.2. The summed E-state index contributed by atoms with van der Waals surface area (Å²) in [6, 6.07) is 21.7. The van der Waals surface area contributed by atoms with E-state index >= 15 is 0 Å². The Kier molecular flexibility index (Phi) is 8.43. The Balaban J connectivity index is 1.35. The van der Waals surface area contributed by atoms with E-state index in [1.807, 2.05) is 93.6 Å². The number of anilines is 2. The Morgan fingerprint density at radius 1 is 0.930 bits per heavy atom. The Labute approximate surface area is 252 Å². The normalized spacial score (nSPS) is 14.0.